The largest absolute Gasteiger partial charge is 0.292 e. The number of nitrogens with zero attached hydrogens (tertiary/aromatic N) is 3. The Hall–Kier alpha value is -2.20. The summed E-state index contributed by atoms with van der Waals surface area (Å²) in [4.78, 5) is 4.99. The Labute approximate surface area is 123 Å². The summed E-state index contributed by atoms with van der Waals surface area (Å²) in [5.41, 5.74) is 3.04. The van der Waals surface area contributed by atoms with Crippen molar-refractivity contribution in [1.29, 1.82) is 0 Å². The standard InChI is InChI=1S/C16H12N3S/c1-18-15-12-8-17-7-6-10(12)9-19(15)14-11-4-2-3-5-13(11)20-16(14)18/h2-8H,9H2,1H3/q+1/i1D3. The summed E-state index contributed by atoms with van der Waals surface area (Å²) < 4.78 is 28.8. The van der Waals surface area contributed by atoms with Gasteiger partial charge < -0.3 is 0 Å². The molecule has 0 bridgehead atoms. The lowest BCUT2D eigenvalue weighted by Gasteiger charge is -1.93. The predicted molar refractivity (Wildman–Crippen MR) is 80.8 cm³/mol. The van der Waals surface area contributed by atoms with Crippen LogP contribution in [0, 0.1) is 0 Å². The monoisotopic (exact) mass is 281 g/mol. The molecule has 0 amide bonds. The van der Waals surface area contributed by atoms with Crippen LogP contribution in [0.3, 0.4) is 0 Å². The third-order valence-electron chi connectivity index (χ3n) is 3.97. The zero-order chi connectivity index (χ0) is 15.8. The van der Waals surface area contributed by atoms with Crippen molar-refractivity contribution in [1.82, 2.24) is 9.55 Å². The zero-order valence-electron chi connectivity index (χ0n) is 13.5. The van der Waals surface area contributed by atoms with Crippen LogP contribution >= 0.6 is 11.3 Å². The lowest BCUT2D eigenvalue weighted by molar-refractivity contribution is -0.631. The summed E-state index contributed by atoms with van der Waals surface area (Å²) in [6, 6.07) is 10.1. The molecule has 3 aromatic heterocycles. The molecule has 96 valence electrons. The molecule has 4 heterocycles. The van der Waals surface area contributed by atoms with Crippen LogP contribution in [-0.4, -0.2) is 9.55 Å². The highest BCUT2D eigenvalue weighted by Crippen LogP contribution is 2.39. The second-order valence-corrected chi connectivity index (χ2v) is 6.06. The normalized spacial score (nSPS) is 15.9. The number of hydrogen-bond donors (Lipinski definition) is 0. The maximum absolute atomic E-state index is 8.02. The maximum atomic E-state index is 8.02. The lowest BCUT2D eigenvalue weighted by atomic mass is 10.2. The summed E-state index contributed by atoms with van der Waals surface area (Å²) in [6.07, 6.45) is 3.52. The van der Waals surface area contributed by atoms with Gasteiger partial charge in [-0.05, 0) is 18.2 Å². The van der Waals surface area contributed by atoms with E-state index < -0.39 is 6.98 Å². The average Bonchev–Trinajstić information content (AvgIpc) is 3.12. The van der Waals surface area contributed by atoms with E-state index in [1.807, 2.05) is 24.3 Å². The van der Waals surface area contributed by atoms with Crippen molar-refractivity contribution in [2.75, 3.05) is 0 Å². The van der Waals surface area contributed by atoms with Crippen molar-refractivity contribution in [2.45, 2.75) is 6.54 Å². The Morgan fingerprint density at radius 1 is 1.35 bits per heavy atom. The van der Waals surface area contributed by atoms with Crippen molar-refractivity contribution in [2.24, 2.45) is 6.98 Å². The number of fused-ring (bicyclic) bond motifs is 7. The van der Waals surface area contributed by atoms with Crippen LogP contribution in [0.5, 0.6) is 0 Å². The van der Waals surface area contributed by atoms with E-state index in [4.69, 9.17) is 4.11 Å². The fraction of sp³-hybridized carbons (Fsp3) is 0.125. The van der Waals surface area contributed by atoms with Crippen LogP contribution in [0.2, 0.25) is 0 Å². The Kier molecular flexibility index (Phi) is 1.41. The summed E-state index contributed by atoms with van der Waals surface area (Å²) in [5, 5.41) is 1.11. The molecule has 0 radical (unpaired) electrons. The molecule has 0 spiro atoms. The van der Waals surface area contributed by atoms with Crippen molar-refractivity contribution < 1.29 is 8.68 Å². The molecule has 0 N–H and O–H groups in total. The molecule has 1 aromatic carbocycles. The molecule has 5 rings (SSSR count). The number of rotatable bonds is 0. The van der Waals surface area contributed by atoms with E-state index in [9.17, 15) is 0 Å². The number of aromatic nitrogens is 3. The quantitative estimate of drug-likeness (QED) is 0.400. The van der Waals surface area contributed by atoms with E-state index in [0.29, 0.717) is 6.54 Å². The maximum Gasteiger partial charge on any atom is 0.292 e. The van der Waals surface area contributed by atoms with Crippen molar-refractivity contribution in [3.05, 3.63) is 48.3 Å². The molecule has 20 heavy (non-hydrogen) atoms. The van der Waals surface area contributed by atoms with Crippen LogP contribution in [0.1, 0.15) is 9.68 Å². The van der Waals surface area contributed by atoms with Gasteiger partial charge in [-0.2, -0.15) is 0 Å². The van der Waals surface area contributed by atoms with E-state index in [1.54, 1.807) is 12.4 Å². The van der Waals surface area contributed by atoms with E-state index in [2.05, 4.69) is 15.6 Å². The number of thiophene rings is 1. The first-order valence-electron chi connectivity index (χ1n) is 7.95. The van der Waals surface area contributed by atoms with Gasteiger partial charge in [-0.3, -0.25) is 4.98 Å². The molecule has 4 heteroatoms. The molecule has 0 saturated carbocycles. The van der Waals surface area contributed by atoms with E-state index >= 15 is 0 Å². The lowest BCUT2D eigenvalue weighted by Crippen LogP contribution is -2.28. The minimum Gasteiger partial charge on any atom is -0.264 e. The van der Waals surface area contributed by atoms with E-state index in [0.717, 1.165) is 37.4 Å². The second-order valence-electron chi connectivity index (χ2n) is 5.03. The van der Waals surface area contributed by atoms with Gasteiger partial charge in [0.15, 0.2) is 5.52 Å². The third-order valence-corrected chi connectivity index (χ3v) is 5.12. The number of pyridine rings is 1. The molecule has 0 atom stereocenters. The van der Waals surface area contributed by atoms with E-state index in [1.165, 1.54) is 15.9 Å². The molecule has 0 fully saturated rings. The molecular weight excluding hydrogens is 266 g/mol. The zero-order valence-corrected chi connectivity index (χ0v) is 11.3. The molecule has 1 aliphatic heterocycles. The summed E-state index contributed by atoms with van der Waals surface area (Å²) in [7, 11) is 0. The highest BCUT2D eigenvalue weighted by atomic mass is 32.1. The van der Waals surface area contributed by atoms with E-state index in [-0.39, 0.29) is 0 Å². The highest BCUT2D eigenvalue weighted by molar-refractivity contribution is 7.25. The molecule has 3 nitrogen and oxygen atoms in total. The minimum absolute atomic E-state index is 0.688. The second kappa shape index (κ2) is 3.46. The Bertz CT molecular complexity index is 1090. The van der Waals surface area contributed by atoms with Gasteiger partial charge >= 0.3 is 0 Å². The topological polar surface area (TPSA) is 21.7 Å². The molecular formula is C16H12N3S+. The fourth-order valence-corrected chi connectivity index (χ4v) is 4.23. The predicted octanol–water partition coefficient (Wildman–Crippen LogP) is 3.10. The highest BCUT2D eigenvalue weighted by Gasteiger charge is 2.34. The summed E-state index contributed by atoms with van der Waals surface area (Å²) in [6.45, 7) is -1.54. The summed E-state index contributed by atoms with van der Waals surface area (Å²) >= 11 is 1.54. The number of aryl methyl sites for hydroxylation is 1. The minimum atomic E-state index is -2.23. The van der Waals surface area contributed by atoms with Gasteiger partial charge in [0.05, 0.1) is 16.7 Å². The first kappa shape index (κ1) is 8.17. The SMILES string of the molecule is [2H]C([2H])([2H])[n+]1c2n(c3c4ccccc4sc31)Cc1ccncc1-2. The molecule has 0 saturated heterocycles. The fourth-order valence-electron chi connectivity index (χ4n) is 3.11. The Morgan fingerprint density at radius 2 is 2.30 bits per heavy atom. The molecule has 1 aliphatic rings. The Morgan fingerprint density at radius 3 is 3.25 bits per heavy atom. The van der Waals surface area contributed by atoms with Crippen LogP contribution < -0.4 is 4.57 Å². The van der Waals surface area contributed by atoms with Crippen LogP contribution in [0.4, 0.5) is 0 Å². The van der Waals surface area contributed by atoms with Crippen LogP contribution in [-0.2, 0) is 13.5 Å². The molecule has 0 unspecified atom stereocenters. The average molecular weight is 281 g/mol. The van der Waals surface area contributed by atoms with Gasteiger partial charge in [0.1, 0.15) is 6.54 Å². The van der Waals surface area contributed by atoms with Crippen molar-refractivity contribution in [3.8, 4) is 11.4 Å². The number of hydrogen-bond acceptors (Lipinski definition) is 2. The number of imidazole rings is 1. The van der Waals surface area contributed by atoms with Gasteiger partial charge in [0.25, 0.3) is 5.82 Å². The van der Waals surface area contributed by atoms with Crippen LogP contribution in [0.15, 0.2) is 42.7 Å². The first-order chi connectivity index (χ1) is 11.1. The van der Waals surface area contributed by atoms with Gasteiger partial charge in [-0.1, -0.05) is 23.5 Å². The summed E-state index contributed by atoms with van der Waals surface area (Å²) in [5.74, 6) is 0.736. The smallest absolute Gasteiger partial charge is 0.264 e. The van der Waals surface area contributed by atoms with Crippen molar-refractivity contribution in [3.63, 3.8) is 0 Å². The van der Waals surface area contributed by atoms with Crippen molar-refractivity contribution >= 4 is 31.8 Å². The van der Waals surface area contributed by atoms with Gasteiger partial charge in [0.2, 0.25) is 4.83 Å². The van der Waals surface area contributed by atoms with Gasteiger partial charge in [-0.25, -0.2) is 9.13 Å². The molecule has 4 aromatic rings. The first-order valence-corrected chi connectivity index (χ1v) is 7.27. The van der Waals surface area contributed by atoms with Gasteiger partial charge in [0, 0.05) is 28.0 Å². The molecule has 0 aliphatic carbocycles. The third kappa shape index (κ3) is 1.11. The van der Waals surface area contributed by atoms with Crippen LogP contribution in [0.25, 0.3) is 31.8 Å². The number of benzene rings is 1. The Balaban J connectivity index is 2.01. The van der Waals surface area contributed by atoms with Gasteiger partial charge in [-0.15, -0.1) is 0 Å².